The number of pyridine rings is 1. The molecule has 0 radical (unpaired) electrons. The second kappa shape index (κ2) is 2.39. The van der Waals surface area contributed by atoms with Crippen LogP contribution in [0.4, 0.5) is 11.5 Å². The monoisotopic (exact) mass is 149 g/mol. The second-order valence-electron chi connectivity index (χ2n) is 2.03. The minimum atomic E-state index is -0.415. The number of H-pyrrole nitrogens is 1. The van der Waals surface area contributed by atoms with E-state index in [2.05, 4.69) is 10.9 Å². The number of nitrogen functional groups attached to an aromatic ring is 2. The van der Waals surface area contributed by atoms with Gasteiger partial charge in [0, 0.05) is 0 Å². The first-order chi connectivity index (χ1) is 5.15. The van der Waals surface area contributed by atoms with E-state index in [0.29, 0.717) is 5.56 Å². The molecule has 0 amide bonds. The predicted octanol–water partition coefficient (Wildman–Crippen LogP) is -0.479. The first kappa shape index (κ1) is 7.22. The van der Waals surface area contributed by atoms with E-state index in [1.807, 2.05) is 0 Å². The fourth-order valence-electron chi connectivity index (χ4n) is 0.680. The summed E-state index contributed by atoms with van der Waals surface area (Å²) in [6.07, 6.45) is 5.06. The van der Waals surface area contributed by atoms with E-state index >= 15 is 0 Å². The molecule has 4 heteroatoms. The zero-order chi connectivity index (χ0) is 8.43. The van der Waals surface area contributed by atoms with Crippen LogP contribution in [-0.2, 0) is 0 Å². The lowest BCUT2D eigenvalue weighted by atomic mass is 10.2. The lowest BCUT2D eigenvalue weighted by Crippen LogP contribution is -2.14. The van der Waals surface area contributed by atoms with E-state index in [1.165, 1.54) is 6.07 Å². The molecule has 0 spiro atoms. The first-order valence-electron chi connectivity index (χ1n) is 2.90. The van der Waals surface area contributed by atoms with Gasteiger partial charge in [-0.25, -0.2) is 0 Å². The Kier molecular flexibility index (Phi) is 1.57. The van der Waals surface area contributed by atoms with Gasteiger partial charge < -0.3 is 16.5 Å². The van der Waals surface area contributed by atoms with E-state index in [9.17, 15) is 4.79 Å². The Labute approximate surface area is 63.2 Å². The molecule has 56 valence electrons. The number of hydrogen-bond acceptors (Lipinski definition) is 3. The molecular formula is C7H7N3O. The van der Waals surface area contributed by atoms with Gasteiger partial charge in [0.25, 0.3) is 5.56 Å². The van der Waals surface area contributed by atoms with Crippen molar-refractivity contribution in [3.05, 3.63) is 22.0 Å². The average Bonchev–Trinajstić information content (AvgIpc) is 1.97. The fraction of sp³-hybridized carbons (Fsp3) is 0. The van der Waals surface area contributed by atoms with Crippen LogP contribution in [-0.4, -0.2) is 4.98 Å². The zero-order valence-corrected chi connectivity index (χ0v) is 5.72. The van der Waals surface area contributed by atoms with Crippen molar-refractivity contribution in [1.82, 2.24) is 4.98 Å². The van der Waals surface area contributed by atoms with Crippen molar-refractivity contribution in [1.29, 1.82) is 0 Å². The van der Waals surface area contributed by atoms with Crippen molar-refractivity contribution in [3.8, 4) is 12.3 Å². The number of rotatable bonds is 0. The minimum absolute atomic E-state index is 0.0761. The molecule has 0 saturated carbocycles. The van der Waals surface area contributed by atoms with Crippen molar-refractivity contribution < 1.29 is 0 Å². The highest BCUT2D eigenvalue weighted by Gasteiger charge is 1.99. The molecule has 0 aliphatic rings. The molecule has 0 atom stereocenters. The summed E-state index contributed by atoms with van der Waals surface area (Å²) in [6.45, 7) is 0. The maximum absolute atomic E-state index is 10.8. The first-order valence-corrected chi connectivity index (χ1v) is 2.90. The molecule has 0 bridgehead atoms. The normalized spacial score (nSPS) is 9.00. The predicted molar refractivity (Wildman–Crippen MR) is 43.8 cm³/mol. The quantitative estimate of drug-likeness (QED) is 0.435. The van der Waals surface area contributed by atoms with Crippen molar-refractivity contribution >= 4 is 11.5 Å². The van der Waals surface area contributed by atoms with Crippen LogP contribution < -0.4 is 17.0 Å². The third-order valence-corrected chi connectivity index (χ3v) is 1.26. The molecule has 1 heterocycles. The number of nitrogens with two attached hydrogens (primary N) is 2. The summed E-state index contributed by atoms with van der Waals surface area (Å²) in [4.78, 5) is 13.1. The molecule has 4 nitrogen and oxygen atoms in total. The van der Waals surface area contributed by atoms with Gasteiger partial charge in [0.05, 0.1) is 11.3 Å². The Morgan fingerprint density at radius 2 is 2.18 bits per heavy atom. The fourth-order valence-corrected chi connectivity index (χ4v) is 0.680. The molecule has 5 N–H and O–H groups in total. The number of hydrogen-bond donors (Lipinski definition) is 3. The summed E-state index contributed by atoms with van der Waals surface area (Å²) in [6, 6.07) is 1.37. The summed E-state index contributed by atoms with van der Waals surface area (Å²) < 4.78 is 0. The second-order valence-corrected chi connectivity index (χ2v) is 2.03. The van der Waals surface area contributed by atoms with Crippen molar-refractivity contribution in [2.75, 3.05) is 11.5 Å². The van der Waals surface area contributed by atoms with Gasteiger partial charge in [-0.1, -0.05) is 5.92 Å². The van der Waals surface area contributed by atoms with Crippen molar-refractivity contribution in [2.24, 2.45) is 0 Å². The van der Waals surface area contributed by atoms with Gasteiger partial charge in [0.1, 0.15) is 5.82 Å². The van der Waals surface area contributed by atoms with Crippen molar-refractivity contribution in [3.63, 3.8) is 0 Å². The summed E-state index contributed by atoms with van der Waals surface area (Å²) in [5, 5.41) is 0. The lowest BCUT2D eigenvalue weighted by Gasteiger charge is -1.97. The molecular weight excluding hydrogens is 142 g/mol. The van der Waals surface area contributed by atoms with Crippen LogP contribution in [0.2, 0.25) is 0 Å². The number of aromatic nitrogens is 1. The maximum atomic E-state index is 10.8. The van der Waals surface area contributed by atoms with Gasteiger partial charge in [0.15, 0.2) is 0 Å². The number of terminal acetylenes is 1. The van der Waals surface area contributed by atoms with E-state index in [1.54, 1.807) is 0 Å². The topological polar surface area (TPSA) is 84.9 Å². The number of aromatic amines is 1. The standard InChI is InChI=1S/C7H7N3O/c1-2-4-3-5(8)7(11)10-6(4)9/h1,3H,8H2,(H3,9,10,11). The van der Waals surface area contributed by atoms with Crippen LogP contribution in [0.25, 0.3) is 0 Å². The molecule has 0 fully saturated rings. The molecule has 1 aromatic rings. The zero-order valence-electron chi connectivity index (χ0n) is 5.72. The average molecular weight is 149 g/mol. The number of anilines is 2. The highest BCUT2D eigenvalue weighted by atomic mass is 16.1. The van der Waals surface area contributed by atoms with E-state index in [4.69, 9.17) is 17.9 Å². The largest absolute Gasteiger partial charge is 0.394 e. The Bertz CT molecular complexity index is 372. The lowest BCUT2D eigenvalue weighted by molar-refractivity contribution is 1.24. The van der Waals surface area contributed by atoms with Gasteiger partial charge in [-0.2, -0.15) is 0 Å². The highest BCUT2D eigenvalue weighted by molar-refractivity contribution is 5.55. The Balaban J connectivity index is 3.47. The molecule has 0 aromatic carbocycles. The van der Waals surface area contributed by atoms with Crippen LogP contribution in [0.1, 0.15) is 5.56 Å². The Morgan fingerprint density at radius 3 is 2.73 bits per heavy atom. The SMILES string of the molecule is C#Cc1cc(N)c(=O)[nH]c1N. The maximum Gasteiger partial charge on any atom is 0.272 e. The van der Waals surface area contributed by atoms with E-state index in [-0.39, 0.29) is 11.5 Å². The van der Waals surface area contributed by atoms with Gasteiger partial charge in [-0.3, -0.25) is 4.79 Å². The third-order valence-electron chi connectivity index (χ3n) is 1.26. The molecule has 0 unspecified atom stereocenters. The van der Waals surface area contributed by atoms with Crippen LogP contribution >= 0.6 is 0 Å². The minimum Gasteiger partial charge on any atom is -0.394 e. The van der Waals surface area contributed by atoms with Gasteiger partial charge in [0.2, 0.25) is 0 Å². The summed E-state index contributed by atoms with van der Waals surface area (Å²) in [7, 11) is 0. The van der Waals surface area contributed by atoms with Crippen LogP contribution in [0.15, 0.2) is 10.9 Å². The molecule has 1 rings (SSSR count). The van der Waals surface area contributed by atoms with Gasteiger partial charge in [-0.05, 0) is 6.07 Å². The van der Waals surface area contributed by atoms with E-state index in [0.717, 1.165) is 0 Å². The Hall–Kier alpha value is -1.89. The van der Waals surface area contributed by atoms with Crippen LogP contribution in [0.3, 0.4) is 0 Å². The molecule has 1 aromatic heterocycles. The van der Waals surface area contributed by atoms with Gasteiger partial charge >= 0.3 is 0 Å². The van der Waals surface area contributed by atoms with Crippen LogP contribution in [0, 0.1) is 12.3 Å². The molecule has 0 aliphatic carbocycles. The van der Waals surface area contributed by atoms with Crippen molar-refractivity contribution in [2.45, 2.75) is 0 Å². The smallest absolute Gasteiger partial charge is 0.272 e. The molecule has 11 heavy (non-hydrogen) atoms. The summed E-state index contributed by atoms with van der Waals surface area (Å²) in [5.41, 5.74) is 10.7. The highest BCUT2D eigenvalue weighted by Crippen LogP contribution is 2.05. The third kappa shape index (κ3) is 1.17. The molecule has 0 aliphatic heterocycles. The molecule has 0 saturated heterocycles. The van der Waals surface area contributed by atoms with Gasteiger partial charge in [-0.15, -0.1) is 6.42 Å². The van der Waals surface area contributed by atoms with Crippen LogP contribution in [0.5, 0.6) is 0 Å². The number of nitrogens with one attached hydrogen (secondary N) is 1. The summed E-state index contributed by atoms with van der Waals surface area (Å²) >= 11 is 0. The van der Waals surface area contributed by atoms with E-state index < -0.39 is 5.56 Å². The Morgan fingerprint density at radius 1 is 1.55 bits per heavy atom. The summed E-state index contributed by atoms with van der Waals surface area (Å²) in [5.74, 6) is 2.46.